The van der Waals surface area contributed by atoms with Gasteiger partial charge in [0, 0.05) is 0 Å². The van der Waals surface area contributed by atoms with Crippen LogP contribution in [0.5, 0.6) is 0 Å². The number of nitrogens with zero attached hydrogens (tertiary/aromatic N) is 1. The number of urea groups is 1. The van der Waals surface area contributed by atoms with Gasteiger partial charge in [-0.15, -0.1) is 0 Å². The minimum atomic E-state index is -0.786. The quantitative estimate of drug-likeness (QED) is 0.502. The first-order valence-electron chi connectivity index (χ1n) is 4.22. The first-order valence-corrected chi connectivity index (χ1v) is 4.22. The van der Waals surface area contributed by atoms with E-state index in [0.29, 0.717) is 11.0 Å². The number of primary amides is 1. The summed E-state index contributed by atoms with van der Waals surface area (Å²) in [7, 11) is 0. The van der Waals surface area contributed by atoms with Crippen LogP contribution in [0.25, 0.3) is 0 Å². The molecule has 0 radical (unpaired) electrons. The zero-order chi connectivity index (χ0) is 9.72. The molecule has 4 nitrogen and oxygen atoms in total. The Morgan fingerprint density at radius 3 is 2.25 bits per heavy atom. The Kier molecular flexibility index (Phi) is 4.66. The van der Waals surface area contributed by atoms with Gasteiger partial charge in [-0.1, -0.05) is 13.8 Å². The van der Waals surface area contributed by atoms with Gasteiger partial charge in [-0.25, -0.2) is 9.86 Å². The largest absolute Gasteiger partial charge is 0.350 e. The molecule has 2 amide bonds. The van der Waals surface area contributed by atoms with Crippen molar-refractivity contribution in [1.82, 2.24) is 5.06 Å². The lowest BCUT2D eigenvalue weighted by atomic mass is 10.0. The molecule has 0 aliphatic heterocycles. The molecular weight excluding hydrogens is 156 g/mol. The zero-order valence-corrected chi connectivity index (χ0v) is 7.95. The van der Waals surface area contributed by atoms with E-state index in [1.54, 1.807) is 6.92 Å². The summed E-state index contributed by atoms with van der Waals surface area (Å²) in [4.78, 5) is 10.5. The van der Waals surface area contributed by atoms with Crippen molar-refractivity contribution in [2.24, 2.45) is 11.7 Å². The standard InChI is InChI=1S/C8H18N2O2/c1-6(2)4-5-7(3)10(12)8(9)11/h6-7,12H,4-5H2,1-3H3,(H2,9,11)/t7-/m0/s1. The summed E-state index contributed by atoms with van der Waals surface area (Å²) in [5.41, 5.74) is 4.88. The van der Waals surface area contributed by atoms with Crippen LogP contribution in [0.1, 0.15) is 33.6 Å². The van der Waals surface area contributed by atoms with Crippen LogP contribution in [0.3, 0.4) is 0 Å². The Bertz CT molecular complexity index is 148. The molecule has 12 heavy (non-hydrogen) atoms. The van der Waals surface area contributed by atoms with Gasteiger partial charge >= 0.3 is 6.03 Å². The van der Waals surface area contributed by atoms with Crippen molar-refractivity contribution in [3.05, 3.63) is 0 Å². The molecular formula is C8H18N2O2. The molecule has 0 spiro atoms. The van der Waals surface area contributed by atoms with E-state index in [0.717, 1.165) is 12.8 Å². The van der Waals surface area contributed by atoms with Crippen LogP contribution < -0.4 is 5.73 Å². The van der Waals surface area contributed by atoms with Crippen LogP contribution in [0.4, 0.5) is 4.79 Å². The van der Waals surface area contributed by atoms with E-state index in [1.807, 2.05) is 0 Å². The highest BCUT2D eigenvalue weighted by atomic mass is 16.5. The molecule has 0 unspecified atom stereocenters. The first-order chi connectivity index (χ1) is 5.45. The molecule has 0 aliphatic rings. The normalized spacial score (nSPS) is 13.1. The van der Waals surface area contributed by atoms with Crippen LogP contribution in [0.2, 0.25) is 0 Å². The molecule has 0 aromatic heterocycles. The second-order valence-corrected chi connectivity index (χ2v) is 3.50. The van der Waals surface area contributed by atoms with Gasteiger partial charge in [-0.3, -0.25) is 5.21 Å². The summed E-state index contributed by atoms with van der Waals surface area (Å²) in [6, 6.07) is -0.976. The minimum Gasteiger partial charge on any atom is -0.350 e. The van der Waals surface area contributed by atoms with E-state index >= 15 is 0 Å². The van der Waals surface area contributed by atoms with Gasteiger partial charge in [0.15, 0.2) is 0 Å². The maximum absolute atomic E-state index is 10.5. The monoisotopic (exact) mass is 174 g/mol. The van der Waals surface area contributed by atoms with E-state index < -0.39 is 6.03 Å². The summed E-state index contributed by atoms with van der Waals surface area (Å²) >= 11 is 0. The van der Waals surface area contributed by atoms with E-state index in [2.05, 4.69) is 13.8 Å². The smallest absolute Gasteiger partial charge is 0.338 e. The maximum atomic E-state index is 10.5. The van der Waals surface area contributed by atoms with E-state index in [1.165, 1.54) is 0 Å². The average Bonchev–Trinajstić information content (AvgIpc) is 1.98. The molecule has 1 atom stereocenters. The van der Waals surface area contributed by atoms with Crippen molar-refractivity contribution in [1.29, 1.82) is 0 Å². The summed E-state index contributed by atoms with van der Waals surface area (Å²) in [5, 5.41) is 9.65. The molecule has 0 rings (SSSR count). The Labute approximate surface area is 73.3 Å². The number of hydrogen-bond donors (Lipinski definition) is 2. The number of hydrogen-bond acceptors (Lipinski definition) is 2. The minimum absolute atomic E-state index is 0.190. The van der Waals surface area contributed by atoms with Gasteiger partial charge in [0.2, 0.25) is 0 Å². The van der Waals surface area contributed by atoms with Crippen LogP contribution in [-0.2, 0) is 0 Å². The summed E-state index contributed by atoms with van der Waals surface area (Å²) in [6.45, 7) is 5.96. The van der Waals surface area contributed by atoms with Crippen molar-refractivity contribution in [2.45, 2.75) is 39.7 Å². The molecule has 0 saturated heterocycles. The third-order valence-corrected chi connectivity index (χ3v) is 1.81. The molecule has 0 aliphatic carbocycles. The number of amides is 2. The lowest BCUT2D eigenvalue weighted by molar-refractivity contribution is -0.0725. The van der Waals surface area contributed by atoms with Crippen LogP contribution in [0.15, 0.2) is 0 Å². The molecule has 0 aromatic carbocycles. The second kappa shape index (κ2) is 4.98. The SMILES string of the molecule is CC(C)CC[C@H](C)N(O)C(N)=O. The highest BCUT2D eigenvalue weighted by Crippen LogP contribution is 2.09. The molecule has 4 heteroatoms. The van der Waals surface area contributed by atoms with Crippen LogP contribution in [0, 0.1) is 5.92 Å². The topological polar surface area (TPSA) is 66.6 Å². The van der Waals surface area contributed by atoms with Crippen LogP contribution >= 0.6 is 0 Å². The van der Waals surface area contributed by atoms with E-state index in [4.69, 9.17) is 10.9 Å². The molecule has 0 saturated carbocycles. The van der Waals surface area contributed by atoms with Crippen molar-refractivity contribution in [2.75, 3.05) is 0 Å². The highest BCUT2D eigenvalue weighted by Gasteiger charge is 2.14. The lowest BCUT2D eigenvalue weighted by Crippen LogP contribution is -2.39. The van der Waals surface area contributed by atoms with Crippen molar-refractivity contribution in [3.63, 3.8) is 0 Å². The number of hydroxylamine groups is 2. The van der Waals surface area contributed by atoms with Gasteiger partial charge in [0.05, 0.1) is 6.04 Å². The Balaban J connectivity index is 3.71. The summed E-state index contributed by atoms with van der Waals surface area (Å²) < 4.78 is 0. The number of nitrogens with two attached hydrogens (primary N) is 1. The van der Waals surface area contributed by atoms with Gasteiger partial charge < -0.3 is 5.73 Å². The maximum Gasteiger partial charge on any atom is 0.338 e. The Morgan fingerprint density at radius 1 is 1.42 bits per heavy atom. The second-order valence-electron chi connectivity index (χ2n) is 3.50. The van der Waals surface area contributed by atoms with Gasteiger partial charge in [-0.2, -0.15) is 0 Å². The lowest BCUT2D eigenvalue weighted by Gasteiger charge is -2.20. The predicted octanol–water partition coefficient (Wildman–Crippen LogP) is 1.58. The number of rotatable bonds is 4. The zero-order valence-electron chi connectivity index (χ0n) is 7.95. The Hall–Kier alpha value is -0.770. The van der Waals surface area contributed by atoms with Gasteiger partial charge in [-0.05, 0) is 25.7 Å². The number of carbonyl (C=O) groups is 1. The molecule has 0 bridgehead atoms. The van der Waals surface area contributed by atoms with Crippen molar-refractivity contribution in [3.8, 4) is 0 Å². The molecule has 0 heterocycles. The molecule has 0 aromatic rings. The fourth-order valence-corrected chi connectivity index (χ4v) is 0.914. The molecule has 72 valence electrons. The van der Waals surface area contributed by atoms with Gasteiger partial charge in [0.25, 0.3) is 0 Å². The average molecular weight is 174 g/mol. The van der Waals surface area contributed by atoms with Crippen LogP contribution in [-0.4, -0.2) is 22.3 Å². The van der Waals surface area contributed by atoms with Crippen molar-refractivity contribution < 1.29 is 10.0 Å². The first kappa shape index (κ1) is 11.2. The van der Waals surface area contributed by atoms with E-state index in [9.17, 15) is 4.79 Å². The highest BCUT2D eigenvalue weighted by molar-refractivity contribution is 5.70. The number of carbonyl (C=O) groups excluding carboxylic acids is 1. The van der Waals surface area contributed by atoms with Gasteiger partial charge in [0.1, 0.15) is 0 Å². The fourth-order valence-electron chi connectivity index (χ4n) is 0.914. The van der Waals surface area contributed by atoms with E-state index in [-0.39, 0.29) is 6.04 Å². The molecule has 0 fully saturated rings. The Morgan fingerprint density at radius 2 is 1.92 bits per heavy atom. The predicted molar refractivity (Wildman–Crippen MR) is 46.7 cm³/mol. The molecule has 3 N–H and O–H groups in total. The third-order valence-electron chi connectivity index (χ3n) is 1.81. The summed E-state index contributed by atoms with van der Waals surface area (Å²) in [6.07, 6.45) is 1.75. The fraction of sp³-hybridized carbons (Fsp3) is 0.875. The summed E-state index contributed by atoms with van der Waals surface area (Å²) in [5.74, 6) is 0.578. The van der Waals surface area contributed by atoms with Crippen molar-refractivity contribution >= 4 is 6.03 Å². The third kappa shape index (κ3) is 4.18.